The molecule has 0 aliphatic heterocycles. The fourth-order valence-corrected chi connectivity index (χ4v) is 8.69. The Labute approximate surface area is 438 Å². The Morgan fingerprint density at radius 1 is 0.451 bits per heavy atom. The molecule has 0 saturated carbocycles. The molecule has 0 bridgehead atoms. The van der Waals surface area contributed by atoms with Crippen LogP contribution in [0.2, 0.25) is 0 Å². The van der Waals surface area contributed by atoms with Crippen molar-refractivity contribution >= 4 is 19.8 Å². The van der Waals surface area contributed by atoms with E-state index in [4.69, 9.17) is 18.5 Å². The third-order valence-corrected chi connectivity index (χ3v) is 13.4. The number of unbranched alkanes of at least 4 members (excludes halogenated alkanes) is 27. The van der Waals surface area contributed by atoms with Crippen LogP contribution >= 0.6 is 7.82 Å². The van der Waals surface area contributed by atoms with E-state index >= 15 is 0 Å². The third-order valence-electron chi connectivity index (χ3n) is 12.5. The normalized spacial score (nSPS) is 13.8. The summed E-state index contributed by atoms with van der Waals surface area (Å²) < 4.78 is 34.1. The lowest BCUT2D eigenvalue weighted by Gasteiger charge is -2.28. The molecule has 412 valence electrons. The first kappa shape index (κ1) is 68.5. The molecule has 0 N–H and O–H groups in total. The molecule has 0 aliphatic rings. The predicted octanol–water partition coefficient (Wildman–Crippen LogP) is 17.5. The molecule has 71 heavy (non-hydrogen) atoms. The largest absolute Gasteiger partial charge is 0.756 e. The van der Waals surface area contributed by atoms with Crippen molar-refractivity contribution in [2.24, 2.45) is 0 Å². The first-order valence-corrected chi connectivity index (χ1v) is 30.6. The third kappa shape index (κ3) is 56.6. The molecule has 0 saturated heterocycles. The fourth-order valence-electron chi connectivity index (χ4n) is 7.96. The first-order valence-electron chi connectivity index (χ1n) is 29.1. The van der Waals surface area contributed by atoms with Gasteiger partial charge in [0.05, 0.1) is 27.7 Å². The Balaban J connectivity index is 4.02. The Bertz CT molecular complexity index is 1430. The highest BCUT2D eigenvalue weighted by Gasteiger charge is 2.22. The van der Waals surface area contributed by atoms with E-state index in [1.165, 1.54) is 122 Å². The van der Waals surface area contributed by atoms with Crippen LogP contribution in [0, 0.1) is 0 Å². The Kier molecular flexibility index (Phi) is 50.4. The summed E-state index contributed by atoms with van der Waals surface area (Å²) in [5, 5.41) is 0. The van der Waals surface area contributed by atoms with Crippen molar-refractivity contribution in [2.45, 2.75) is 258 Å². The van der Waals surface area contributed by atoms with Crippen molar-refractivity contribution < 1.29 is 42.1 Å². The van der Waals surface area contributed by atoms with Crippen molar-refractivity contribution in [3.63, 3.8) is 0 Å². The van der Waals surface area contributed by atoms with E-state index in [-0.39, 0.29) is 26.1 Å². The second-order valence-corrected chi connectivity index (χ2v) is 22.0. The zero-order chi connectivity index (χ0) is 52.0. The minimum atomic E-state index is -4.64. The maximum Gasteiger partial charge on any atom is 0.306 e. The second kappa shape index (κ2) is 52.3. The molecular weight excluding hydrogens is 906 g/mol. The van der Waals surface area contributed by atoms with Crippen LogP contribution in [-0.4, -0.2) is 70.0 Å². The van der Waals surface area contributed by atoms with Gasteiger partial charge in [0, 0.05) is 12.8 Å². The maximum absolute atomic E-state index is 12.8. The minimum absolute atomic E-state index is 0.0340. The highest BCUT2D eigenvalue weighted by molar-refractivity contribution is 7.45. The van der Waals surface area contributed by atoms with Gasteiger partial charge in [0.15, 0.2) is 6.10 Å². The molecule has 0 aromatic heterocycles. The molecule has 0 aromatic rings. The summed E-state index contributed by atoms with van der Waals surface area (Å²) >= 11 is 0. The summed E-state index contributed by atoms with van der Waals surface area (Å²) in [4.78, 5) is 37.8. The Hall–Kier alpha value is -2.55. The molecule has 2 atom stereocenters. The number of ether oxygens (including phenoxy) is 2. The van der Waals surface area contributed by atoms with Crippen molar-refractivity contribution in [2.75, 3.05) is 47.5 Å². The number of hydrogen-bond acceptors (Lipinski definition) is 8. The van der Waals surface area contributed by atoms with Gasteiger partial charge in [0.2, 0.25) is 0 Å². The summed E-state index contributed by atoms with van der Waals surface area (Å²) in [5.41, 5.74) is 0. The van der Waals surface area contributed by atoms with Gasteiger partial charge >= 0.3 is 11.9 Å². The van der Waals surface area contributed by atoms with Gasteiger partial charge in [-0.1, -0.05) is 234 Å². The minimum Gasteiger partial charge on any atom is -0.756 e. The van der Waals surface area contributed by atoms with Crippen LogP contribution in [0.1, 0.15) is 251 Å². The molecule has 0 rings (SSSR count). The molecule has 9 nitrogen and oxygen atoms in total. The summed E-state index contributed by atoms with van der Waals surface area (Å²) in [5.74, 6) is -0.844. The zero-order valence-electron chi connectivity index (χ0n) is 46.7. The lowest BCUT2D eigenvalue weighted by atomic mass is 10.0. The standard InChI is InChI=1S/C61H110NO8P/c1-6-8-10-12-14-16-18-20-22-23-24-25-26-27-28-29-30-31-32-33-34-35-36-37-38-39-40-42-44-46-48-50-52-54-61(64)70-59(58-69-71(65,66)68-56-55-62(3,4)5)57-67-60(63)53-51-49-47-45-43-41-21-19-17-15-13-11-9-7-2/h8,10,13-16,19-22,24-25,59H,6-7,9,11-12,17-18,23,26-58H2,1-5H3/b10-8-,15-13-,16-14-,21-19-,22-20-,25-24-. The Morgan fingerprint density at radius 3 is 1.20 bits per heavy atom. The number of esters is 2. The molecule has 0 radical (unpaired) electrons. The molecule has 0 amide bonds. The number of carbonyl (C=O) groups excluding carboxylic acids is 2. The van der Waals surface area contributed by atoms with E-state index < -0.39 is 32.5 Å². The number of nitrogens with zero attached hydrogens (tertiary/aromatic N) is 1. The van der Waals surface area contributed by atoms with Gasteiger partial charge < -0.3 is 27.9 Å². The van der Waals surface area contributed by atoms with Crippen LogP contribution in [0.25, 0.3) is 0 Å². The van der Waals surface area contributed by atoms with Gasteiger partial charge in [-0.2, -0.15) is 0 Å². The van der Waals surface area contributed by atoms with E-state index in [1.807, 2.05) is 21.1 Å². The molecule has 0 aromatic carbocycles. The van der Waals surface area contributed by atoms with Crippen molar-refractivity contribution in [1.29, 1.82) is 0 Å². The average molecular weight is 1020 g/mol. The summed E-state index contributed by atoms with van der Waals surface area (Å²) in [6.45, 7) is 4.08. The van der Waals surface area contributed by atoms with Crippen molar-refractivity contribution in [1.82, 2.24) is 0 Å². The first-order chi connectivity index (χ1) is 34.5. The average Bonchev–Trinajstić information content (AvgIpc) is 3.33. The number of hydrogen-bond donors (Lipinski definition) is 0. The van der Waals surface area contributed by atoms with Crippen LogP contribution in [0.15, 0.2) is 72.9 Å². The molecule has 0 spiro atoms. The highest BCUT2D eigenvalue weighted by Crippen LogP contribution is 2.38. The van der Waals surface area contributed by atoms with Gasteiger partial charge in [-0.05, 0) is 77.0 Å². The van der Waals surface area contributed by atoms with Gasteiger partial charge in [-0.3, -0.25) is 14.2 Å². The lowest BCUT2D eigenvalue weighted by molar-refractivity contribution is -0.870. The van der Waals surface area contributed by atoms with E-state index in [1.54, 1.807) is 0 Å². The summed E-state index contributed by atoms with van der Waals surface area (Å²) in [6.07, 6.45) is 68.2. The maximum atomic E-state index is 12.8. The van der Waals surface area contributed by atoms with Gasteiger partial charge in [-0.25, -0.2) is 0 Å². The summed E-state index contributed by atoms with van der Waals surface area (Å²) in [7, 11) is 1.16. The number of phosphoric ester groups is 1. The summed E-state index contributed by atoms with van der Waals surface area (Å²) in [6, 6.07) is 0. The number of phosphoric acid groups is 1. The Morgan fingerprint density at radius 2 is 0.803 bits per heavy atom. The lowest BCUT2D eigenvalue weighted by Crippen LogP contribution is -2.37. The quantitative estimate of drug-likeness (QED) is 0.0195. The fraction of sp³-hybridized carbons (Fsp3) is 0.770. The smallest absolute Gasteiger partial charge is 0.306 e. The van der Waals surface area contributed by atoms with Gasteiger partial charge in [-0.15, -0.1) is 0 Å². The van der Waals surface area contributed by atoms with Gasteiger partial charge in [0.1, 0.15) is 19.8 Å². The molecule has 10 heteroatoms. The predicted molar refractivity (Wildman–Crippen MR) is 300 cm³/mol. The van der Waals surface area contributed by atoms with Crippen LogP contribution in [-0.2, 0) is 32.7 Å². The zero-order valence-corrected chi connectivity index (χ0v) is 47.6. The monoisotopic (exact) mass is 1020 g/mol. The van der Waals surface area contributed by atoms with Crippen LogP contribution in [0.5, 0.6) is 0 Å². The number of quaternary nitrogens is 1. The van der Waals surface area contributed by atoms with Crippen LogP contribution in [0.4, 0.5) is 0 Å². The number of rotatable bonds is 53. The number of likely N-dealkylation sites (N-methyl/N-ethyl adjacent to an activating group) is 1. The molecule has 0 heterocycles. The molecule has 0 aliphatic carbocycles. The van der Waals surface area contributed by atoms with Gasteiger partial charge in [0.25, 0.3) is 7.82 Å². The van der Waals surface area contributed by atoms with Crippen molar-refractivity contribution in [3.05, 3.63) is 72.9 Å². The van der Waals surface area contributed by atoms with E-state index in [2.05, 4.69) is 86.8 Å². The van der Waals surface area contributed by atoms with E-state index in [0.29, 0.717) is 23.9 Å². The second-order valence-electron chi connectivity index (χ2n) is 20.6. The topological polar surface area (TPSA) is 111 Å². The van der Waals surface area contributed by atoms with Crippen LogP contribution in [0.3, 0.4) is 0 Å². The van der Waals surface area contributed by atoms with Crippen LogP contribution < -0.4 is 4.89 Å². The SMILES string of the molecule is CC/C=C\C/C=C\C/C=C\C/C=C\CCCCCCCCCCCCCCCCCCCCCCC(=O)OC(COC(=O)CCCCCCC/C=C\C/C=C\CCCC)COP(=O)([O-])OCC[N+](C)(C)C. The number of carbonyl (C=O) groups is 2. The molecule has 0 fully saturated rings. The van der Waals surface area contributed by atoms with E-state index in [0.717, 1.165) is 89.9 Å². The molecular formula is C61H110NO8P. The number of allylic oxidation sites excluding steroid dienone is 12. The molecule has 2 unspecified atom stereocenters. The highest BCUT2D eigenvalue weighted by atomic mass is 31.2. The van der Waals surface area contributed by atoms with Crippen molar-refractivity contribution in [3.8, 4) is 0 Å². The van der Waals surface area contributed by atoms with E-state index in [9.17, 15) is 19.0 Å².